The Kier molecular flexibility index (Phi) is 2.60. The minimum Gasteiger partial charge on any atom is -0.268 e. The first kappa shape index (κ1) is 10.6. The molecule has 0 unspecified atom stereocenters. The summed E-state index contributed by atoms with van der Waals surface area (Å²) in [5.41, 5.74) is 5.38. The largest absolute Gasteiger partial charge is 0.268 e. The molecule has 3 nitrogen and oxygen atoms in total. The molecular formula is C13H14N2O. The molecular weight excluding hydrogens is 200 g/mol. The number of nitrogens with zero attached hydrogens (tertiary/aromatic N) is 1. The van der Waals surface area contributed by atoms with Crippen LogP contribution in [0, 0.1) is 20.8 Å². The van der Waals surface area contributed by atoms with Gasteiger partial charge in [-0.1, -0.05) is 17.7 Å². The number of hydrogen-bond donors (Lipinski definition) is 1. The van der Waals surface area contributed by atoms with Crippen molar-refractivity contribution in [2.45, 2.75) is 20.8 Å². The van der Waals surface area contributed by atoms with Crippen LogP contribution in [0.3, 0.4) is 0 Å². The minimum absolute atomic E-state index is 0.170. The van der Waals surface area contributed by atoms with E-state index in [0.717, 1.165) is 11.1 Å². The van der Waals surface area contributed by atoms with Gasteiger partial charge in [0.15, 0.2) is 0 Å². The van der Waals surface area contributed by atoms with Crippen molar-refractivity contribution in [2.75, 3.05) is 0 Å². The van der Waals surface area contributed by atoms with Gasteiger partial charge in [0.25, 0.3) is 5.56 Å². The van der Waals surface area contributed by atoms with Crippen molar-refractivity contribution >= 4 is 0 Å². The Hall–Kier alpha value is -1.90. The van der Waals surface area contributed by atoms with E-state index < -0.39 is 0 Å². The van der Waals surface area contributed by atoms with Crippen molar-refractivity contribution in [3.05, 3.63) is 51.4 Å². The summed E-state index contributed by atoms with van der Waals surface area (Å²) in [4.78, 5) is 11.2. The van der Waals surface area contributed by atoms with Gasteiger partial charge in [-0.25, -0.2) is 5.10 Å². The summed E-state index contributed by atoms with van der Waals surface area (Å²) in [5.74, 6) is 0. The number of aryl methyl sites for hydroxylation is 3. The predicted octanol–water partition coefficient (Wildman–Crippen LogP) is 2.36. The van der Waals surface area contributed by atoms with E-state index >= 15 is 0 Å². The molecule has 0 saturated carbocycles. The first-order valence-electron chi connectivity index (χ1n) is 5.21. The van der Waals surface area contributed by atoms with Gasteiger partial charge in [-0.15, -0.1) is 0 Å². The molecule has 0 aliphatic carbocycles. The van der Waals surface area contributed by atoms with Gasteiger partial charge in [0, 0.05) is 11.6 Å². The average Bonchev–Trinajstić information content (AvgIpc) is 2.15. The summed E-state index contributed by atoms with van der Waals surface area (Å²) in [5, 5.41) is 6.21. The van der Waals surface area contributed by atoms with Gasteiger partial charge in [0.2, 0.25) is 0 Å². The van der Waals surface area contributed by atoms with Crippen LogP contribution in [0.15, 0.2) is 29.2 Å². The Morgan fingerprint density at radius 1 is 1.06 bits per heavy atom. The number of H-pyrrole nitrogens is 1. The van der Waals surface area contributed by atoms with E-state index in [1.54, 1.807) is 12.3 Å². The molecule has 0 amide bonds. The van der Waals surface area contributed by atoms with Crippen molar-refractivity contribution in [2.24, 2.45) is 0 Å². The van der Waals surface area contributed by atoms with Gasteiger partial charge in [-0.3, -0.25) is 4.79 Å². The van der Waals surface area contributed by atoms with Crippen molar-refractivity contribution in [3.63, 3.8) is 0 Å². The van der Waals surface area contributed by atoms with Crippen LogP contribution in [0.4, 0.5) is 0 Å². The first-order valence-corrected chi connectivity index (χ1v) is 5.21. The molecule has 0 spiro atoms. The van der Waals surface area contributed by atoms with E-state index in [2.05, 4.69) is 43.1 Å². The Morgan fingerprint density at radius 3 is 2.25 bits per heavy atom. The number of nitrogens with one attached hydrogen (secondary N) is 1. The van der Waals surface area contributed by atoms with Gasteiger partial charge in [0.1, 0.15) is 0 Å². The molecule has 0 fully saturated rings. The van der Waals surface area contributed by atoms with Crippen LogP contribution in [-0.2, 0) is 0 Å². The quantitative estimate of drug-likeness (QED) is 0.792. The lowest BCUT2D eigenvalue weighted by atomic mass is 9.95. The van der Waals surface area contributed by atoms with E-state index in [1.807, 2.05) is 0 Å². The molecule has 0 aliphatic heterocycles. The van der Waals surface area contributed by atoms with Gasteiger partial charge in [0.05, 0.1) is 6.20 Å². The molecule has 1 N–H and O–H groups in total. The number of aromatic nitrogens is 2. The second-order valence-electron chi connectivity index (χ2n) is 4.11. The second kappa shape index (κ2) is 3.93. The summed E-state index contributed by atoms with van der Waals surface area (Å²) in [6.45, 7) is 6.17. The predicted molar refractivity (Wildman–Crippen MR) is 64.5 cm³/mol. The Morgan fingerprint density at radius 2 is 1.69 bits per heavy atom. The molecule has 0 aliphatic rings. The van der Waals surface area contributed by atoms with Crippen LogP contribution in [0.2, 0.25) is 0 Å². The highest BCUT2D eigenvalue weighted by atomic mass is 16.1. The van der Waals surface area contributed by atoms with Crippen LogP contribution < -0.4 is 5.56 Å². The standard InChI is InChI=1S/C13H14N2O/c1-8-4-9(2)13(10(3)5-8)11-6-12(16)15-14-7-11/h4-7H,1-3H3,(H,15,16). The first-order chi connectivity index (χ1) is 7.58. The Labute approximate surface area is 94.2 Å². The maximum absolute atomic E-state index is 11.2. The maximum atomic E-state index is 11.2. The third kappa shape index (κ3) is 1.89. The number of hydrogen-bond acceptors (Lipinski definition) is 2. The molecule has 1 aromatic carbocycles. The molecule has 3 heteroatoms. The number of benzene rings is 1. The van der Waals surface area contributed by atoms with Crippen molar-refractivity contribution in [3.8, 4) is 11.1 Å². The lowest BCUT2D eigenvalue weighted by molar-refractivity contribution is 0.990. The lowest BCUT2D eigenvalue weighted by Crippen LogP contribution is -2.06. The fraction of sp³-hybridized carbons (Fsp3) is 0.231. The summed E-state index contributed by atoms with van der Waals surface area (Å²) < 4.78 is 0. The molecule has 82 valence electrons. The Bertz CT molecular complexity index is 561. The molecule has 2 rings (SSSR count). The van der Waals surface area contributed by atoms with Gasteiger partial charge in [-0.05, 0) is 37.5 Å². The fourth-order valence-electron chi connectivity index (χ4n) is 2.15. The fourth-order valence-corrected chi connectivity index (χ4v) is 2.15. The van der Waals surface area contributed by atoms with Crippen molar-refractivity contribution < 1.29 is 0 Å². The smallest absolute Gasteiger partial charge is 0.264 e. The zero-order valence-corrected chi connectivity index (χ0v) is 9.66. The third-order valence-corrected chi connectivity index (χ3v) is 2.63. The van der Waals surface area contributed by atoms with E-state index in [-0.39, 0.29) is 5.56 Å². The maximum Gasteiger partial charge on any atom is 0.264 e. The second-order valence-corrected chi connectivity index (χ2v) is 4.11. The van der Waals surface area contributed by atoms with Crippen molar-refractivity contribution in [1.82, 2.24) is 10.2 Å². The molecule has 0 atom stereocenters. The Balaban J connectivity index is 2.69. The third-order valence-electron chi connectivity index (χ3n) is 2.63. The molecule has 1 aromatic heterocycles. The summed E-state index contributed by atoms with van der Waals surface area (Å²) in [7, 11) is 0. The molecule has 0 saturated heterocycles. The highest BCUT2D eigenvalue weighted by Gasteiger charge is 2.07. The van der Waals surface area contributed by atoms with Crippen LogP contribution >= 0.6 is 0 Å². The SMILES string of the molecule is Cc1cc(C)c(-c2cn[nH]c(=O)c2)c(C)c1. The minimum atomic E-state index is -0.170. The van der Waals surface area contributed by atoms with E-state index in [0.29, 0.717) is 0 Å². The van der Waals surface area contributed by atoms with E-state index in [9.17, 15) is 4.79 Å². The number of aromatic amines is 1. The van der Waals surface area contributed by atoms with Gasteiger partial charge in [-0.2, -0.15) is 5.10 Å². The summed E-state index contributed by atoms with van der Waals surface area (Å²) in [6.07, 6.45) is 1.69. The topological polar surface area (TPSA) is 45.8 Å². The van der Waals surface area contributed by atoms with Crippen molar-refractivity contribution in [1.29, 1.82) is 0 Å². The molecule has 0 bridgehead atoms. The summed E-state index contributed by atoms with van der Waals surface area (Å²) >= 11 is 0. The zero-order chi connectivity index (χ0) is 11.7. The van der Waals surface area contributed by atoms with Crippen LogP contribution in [0.1, 0.15) is 16.7 Å². The molecule has 2 aromatic rings. The van der Waals surface area contributed by atoms with E-state index in [1.165, 1.54) is 16.7 Å². The average molecular weight is 214 g/mol. The van der Waals surface area contributed by atoms with Crippen LogP contribution in [0.25, 0.3) is 11.1 Å². The highest BCUT2D eigenvalue weighted by Crippen LogP contribution is 2.26. The number of rotatable bonds is 1. The monoisotopic (exact) mass is 214 g/mol. The lowest BCUT2D eigenvalue weighted by Gasteiger charge is -2.10. The van der Waals surface area contributed by atoms with Crippen LogP contribution in [-0.4, -0.2) is 10.2 Å². The molecule has 0 radical (unpaired) electrons. The van der Waals surface area contributed by atoms with Crippen LogP contribution in [0.5, 0.6) is 0 Å². The van der Waals surface area contributed by atoms with E-state index in [4.69, 9.17) is 0 Å². The zero-order valence-electron chi connectivity index (χ0n) is 9.66. The summed E-state index contributed by atoms with van der Waals surface area (Å²) in [6, 6.07) is 5.81. The van der Waals surface area contributed by atoms with Gasteiger partial charge >= 0.3 is 0 Å². The molecule has 16 heavy (non-hydrogen) atoms. The molecule has 1 heterocycles. The normalized spacial score (nSPS) is 10.4. The van der Waals surface area contributed by atoms with Gasteiger partial charge < -0.3 is 0 Å². The highest BCUT2D eigenvalue weighted by molar-refractivity contribution is 5.70.